The molecule has 0 saturated carbocycles. The number of thiophene rings is 1. The standard InChI is InChI=1S/C21H23FN4O2S/c1-13-14(2)29-21-19(13)20(28)23-17(24-21)7-8-18(27)26-11-9-25(10-12-26)16-6-4-3-5-15(16)22/h3-6H,7-12H2,1-2H3,(H,23,24,28). The summed E-state index contributed by atoms with van der Waals surface area (Å²) < 4.78 is 14.0. The highest BCUT2D eigenvalue weighted by atomic mass is 32.1. The Labute approximate surface area is 172 Å². The maximum absolute atomic E-state index is 14.0. The number of benzene rings is 1. The molecule has 152 valence electrons. The second-order valence-corrected chi connectivity index (χ2v) is 8.50. The minimum atomic E-state index is -0.239. The fourth-order valence-corrected chi connectivity index (χ4v) is 4.75. The predicted octanol–water partition coefficient (Wildman–Crippen LogP) is 3.02. The van der Waals surface area contributed by atoms with Crippen molar-refractivity contribution in [1.29, 1.82) is 0 Å². The first kappa shape index (κ1) is 19.6. The van der Waals surface area contributed by atoms with Crippen LogP contribution in [0.3, 0.4) is 0 Å². The van der Waals surface area contributed by atoms with Crippen molar-refractivity contribution in [3.8, 4) is 0 Å². The van der Waals surface area contributed by atoms with Crippen molar-refractivity contribution < 1.29 is 9.18 Å². The summed E-state index contributed by atoms with van der Waals surface area (Å²) in [6.45, 7) is 6.21. The number of nitrogens with zero attached hydrogens (tertiary/aromatic N) is 3. The Hall–Kier alpha value is -2.74. The second kappa shape index (κ2) is 7.94. The van der Waals surface area contributed by atoms with E-state index in [4.69, 9.17) is 0 Å². The van der Waals surface area contributed by atoms with Crippen molar-refractivity contribution in [2.24, 2.45) is 0 Å². The van der Waals surface area contributed by atoms with E-state index in [2.05, 4.69) is 9.97 Å². The summed E-state index contributed by atoms with van der Waals surface area (Å²) in [5.74, 6) is 0.332. The Morgan fingerprint density at radius 2 is 1.93 bits per heavy atom. The van der Waals surface area contributed by atoms with Gasteiger partial charge in [-0.25, -0.2) is 9.37 Å². The molecule has 0 aliphatic carbocycles. The van der Waals surface area contributed by atoms with Crippen LogP contribution in [-0.4, -0.2) is 47.0 Å². The first-order chi connectivity index (χ1) is 13.9. The van der Waals surface area contributed by atoms with Gasteiger partial charge in [-0.2, -0.15) is 0 Å². The van der Waals surface area contributed by atoms with Gasteiger partial charge in [0.1, 0.15) is 16.5 Å². The zero-order chi connectivity index (χ0) is 20.5. The van der Waals surface area contributed by atoms with E-state index in [1.165, 1.54) is 17.4 Å². The number of halogens is 1. The number of piperazine rings is 1. The Morgan fingerprint density at radius 1 is 1.21 bits per heavy atom. The number of rotatable bonds is 4. The summed E-state index contributed by atoms with van der Waals surface area (Å²) in [6, 6.07) is 6.71. The van der Waals surface area contributed by atoms with Gasteiger partial charge in [0.2, 0.25) is 5.91 Å². The van der Waals surface area contributed by atoms with Crippen LogP contribution in [0, 0.1) is 19.7 Å². The van der Waals surface area contributed by atoms with Crippen LogP contribution in [0.5, 0.6) is 0 Å². The lowest BCUT2D eigenvalue weighted by Crippen LogP contribution is -2.49. The monoisotopic (exact) mass is 414 g/mol. The molecule has 0 atom stereocenters. The molecule has 4 rings (SSSR count). The SMILES string of the molecule is Cc1sc2nc(CCC(=O)N3CCN(c4ccccc4F)CC3)[nH]c(=O)c2c1C. The quantitative estimate of drug-likeness (QED) is 0.713. The normalized spacial score (nSPS) is 14.6. The molecule has 1 aliphatic rings. The van der Waals surface area contributed by atoms with Gasteiger partial charge in [-0.05, 0) is 31.5 Å². The van der Waals surface area contributed by atoms with E-state index in [0.29, 0.717) is 49.5 Å². The molecule has 2 aromatic heterocycles. The number of hydrogen-bond donors (Lipinski definition) is 1. The van der Waals surface area contributed by atoms with Gasteiger partial charge in [-0.1, -0.05) is 12.1 Å². The molecule has 3 aromatic rings. The first-order valence-electron chi connectivity index (χ1n) is 9.70. The number of anilines is 1. The highest BCUT2D eigenvalue weighted by Crippen LogP contribution is 2.26. The highest BCUT2D eigenvalue weighted by molar-refractivity contribution is 7.18. The molecule has 1 saturated heterocycles. The van der Waals surface area contributed by atoms with Gasteiger partial charge >= 0.3 is 0 Å². The summed E-state index contributed by atoms with van der Waals surface area (Å²) >= 11 is 1.51. The number of H-pyrrole nitrogens is 1. The lowest BCUT2D eigenvalue weighted by molar-refractivity contribution is -0.131. The maximum atomic E-state index is 14.0. The average molecular weight is 415 g/mol. The number of aryl methyl sites for hydroxylation is 3. The fourth-order valence-electron chi connectivity index (χ4n) is 3.71. The lowest BCUT2D eigenvalue weighted by Gasteiger charge is -2.36. The Kier molecular flexibility index (Phi) is 5.36. The largest absolute Gasteiger partial charge is 0.366 e. The summed E-state index contributed by atoms with van der Waals surface area (Å²) in [4.78, 5) is 37.9. The predicted molar refractivity (Wildman–Crippen MR) is 113 cm³/mol. The van der Waals surface area contributed by atoms with Gasteiger partial charge in [-0.3, -0.25) is 9.59 Å². The molecule has 1 amide bonds. The second-order valence-electron chi connectivity index (χ2n) is 7.30. The van der Waals surface area contributed by atoms with Crippen molar-refractivity contribution in [3.63, 3.8) is 0 Å². The van der Waals surface area contributed by atoms with Crippen LogP contribution in [0.25, 0.3) is 10.2 Å². The van der Waals surface area contributed by atoms with Crippen LogP contribution in [0.15, 0.2) is 29.1 Å². The molecule has 0 radical (unpaired) electrons. The van der Waals surface area contributed by atoms with E-state index < -0.39 is 0 Å². The number of aromatic nitrogens is 2. The Balaban J connectivity index is 1.37. The van der Waals surface area contributed by atoms with Crippen LogP contribution in [0.4, 0.5) is 10.1 Å². The minimum absolute atomic E-state index is 0.0273. The van der Waals surface area contributed by atoms with Crippen molar-refractivity contribution >= 4 is 33.1 Å². The van der Waals surface area contributed by atoms with Crippen molar-refractivity contribution in [3.05, 3.63) is 56.7 Å². The van der Waals surface area contributed by atoms with Gasteiger partial charge in [0.05, 0.1) is 11.1 Å². The zero-order valence-corrected chi connectivity index (χ0v) is 17.3. The summed E-state index contributed by atoms with van der Waals surface area (Å²) in [5, 5.41) is 0.645. The molecule has 1 aliphatic heterocycles. The van der Waals surface area contributed by atoms with Gasteiger partial charge < -0.3 is 14.8 Å². The third kappa shape index (κ3) is 3.89. The van der Waals surface area contributed by atoms with Crippen LogP contribution in [0.2, 0.25) is 0 Å². The summed E-state index contributed by atoms with van der Waals surface area (Å²) in [7, 11) is 0. The lowest BCUT2D eigenvalue weighted by atomic mass is 10.2. The minimum Gasteiger partial charge on any atom is -0.366 e. The zero-order valence-electron chi connectivity index (χ0n) is 16.5. The number of nitrogens with one attached hydrogen (secondary N) is 1. The molecule has 29 heavy (non-hydrogen) atoms. The van der Waals surface area contributed by atoms with Crippen molar-refractivity contribution in [1.82, 2.24) is 14.9 Å². The first-order valence-corrected chi connectivity index (χ1v) is 10.5. The smallest absolute Gasteiger partial charge is 0.259 e. The third-order valence-electron chi connectivity index (χ3n) is 5.49. The Morgan fingerprint density at radius 3 is 2.66 bits per heavy atom. The van der Waals surface area contributed by atoms with Gasteiger partial charge in [0.25, 0.3) is 5.56 Å². The molecular weight excluding hydrogens is 391 g/mol. The molecule has 3 heterocycles. The molecule has 6 nitrogen and oxygen atoms in total. The average Bonchev–Trinajstić information content (AvgIpc) is 3.00. The van der Waals surface area contributed by atoms with E-state index in [0.717, 1.165) is 15.3 Å². The van der Waals surface area contributed by atoms with Crippen LogP contribution < -0.4 is 10.5 Å². The topological polar surface area (TPSA) is 69.3 Å². The highest BCUT2D eigenvalue weighted by Gasteiger charge is 2.23. The molecule has 1 aromatic carbocycles. The number of fused-ring (bicyclic) bond motifs is 1. The van der Waals surface area contributed by atoms with Crippen LogP contribution in [0.1, 0.15) is 22.7 Å². The van der Waals surface area contributed by atoms with Crippen molar-refractivity contribution in [2.45, 2.75) is 26.7 Å². The van der Waals surface area contributed by atoms with Gasteiger partial charge in [0, 0.05) is 43.9 Å². The van der Waals surface area contributed by atoms with Gasteiger partial charge in [-0.15, -0.1) is 11.3 Å². The van der Waals surface area contributed by atoms with E-state index in [1.54, 1.807) is 17.0 Å². The molecular formula is C21H23FN4O2S. The molecule has 0 unspecified atom stereocenters. The molecule has 8 heteroatoms. The number of carbonyl (C=O) groups is 1. The molecule has 0 bridgehead atoms. The third-order valence-corrected chi connectivity index (χ3v) is 6.59. The van der Waals surface area contributed by atoms with E-state index in [1.807, 2.05) is 24.8 Å². The number of amides is 1. The number of carbonyl (C=O) groups excluding carboxylic acids is 1. The molecule has 0 spiro atoms. The summed E-state index contributed by atoms with van der Waals surface area (Å²) in [6.07, 6.45) is 0.686. The Bertz CT molecular complexity index is 1120. The van der Waals surface area contributed by atoms with Crippen molar-refractivity contribution in [2.75, 3.05) is 31.1 Å². The fraction of sp³-hybridized carbons (Fsp3) is 0.381. The maximum Gasteiger partial charge on any atom is 0.259 e. The number of para-hydroxylation sites is 1. The molecule has 1 N–H and O–H groups in total. The van der Waals surface area contributed by atoms with Gasteiger partial charge in [0.15, 0.2) is 0 Å². The van der Waals surface area contributed by atoms with E-state index >= 15 is 0 Å². The van der Waals surface area contributed by atoms with E-state index in [9.17, 15) is 14.0 Å². The molecule has 1 fully saturated rings. The van der Waals surface area contributed by atoms with Crippen LogP contribution >= 0.6 is 11.3 Å². The van der Waals surface area contributed by atoms with Crippen LogP contribution in [-0.2, 0) is 11.2 Å². The number of hydrogen-bond acceptors (Lipinski definition) is 5. The summed E-state index contributed by atoms with van der Waals surface area (Å²) in [5.41, 5.74) is 1.41. The number of aromatic amines is 1. The van der Waals surface area contributed by atoms with E-state index in [-0.39, 0.29) is 23.7 Å².